The van der Waals surface area contributed by atoms with Crippen LogP contribution in [0, 0.1) is 10.1 Å². The quantitative estimate of drug-likeness (QED) is 0.00649. The van der Waals surface area contributed by atoms with Crippen LogP contribution in [0.15, 0.2) is 108 Å². The van der Waals surface area contributed by atoms with Gasteiger partial charge < -0.3 is 147 Å². The minimum atomic E-state index is -0.935. The molecule has 0 saturated carbocycles. The number of nitrogens with one attached hydrogen (secondary N) is 5. The summed E-state index contributed by atoms with van der Waals surface area (Å²) in [6.45, 7) is 25.8. The van der Waals surface area contributed by atoms with E-state index in [4.69, 9.17) is 123 Å². The molecule has 0 bridgehead atoms. The molecular formula is C101H157N14O32+. The summed E-state index contributed by atoms with van der Waals surface area (Å²) in [5, 5.41) is 33.8. The third kappa shape index (κ3) is 55.8. The van der Waals surface area contributed by atoms with Gasteiger partial charge >= 0.3 is 17.2 Å². The van der Waals surface area contributed by atoms with Gasteiger partial charge in [0.1, 0.15) is 39.9 Å². The lowest BCUT2D eigenvalue weighted by Crippen LogP contribution is -2.78. The van der Waals surface area contributed by atoms with Gasteiger partial charge in [-0.2, -0.15) is 0 Å². The lowest BCUT2D eigenvalue weighted by Gasteiger charge is -2.21. The van der Waals surface area contributed by atoms with E-state index in [-0.39, 0.29) is 167 Å². The summed E-state index contributed by atoms with van der Waals surface area (Å²) in [5.41, 5.74) is 29.2. The van der Waals surface area contributed by atoms with Crippen LogP contribution in [-0.2, 0) is 106 Å². The summed E-state index contributed by atoms with van der Waals surface area (Å²) in [7, 11) is 1.36. The number of carbonyl (C=O) groups is 7. The number of amides is 5. The molecule has 16 N–H and O–H groups in total. The number of guanidine groups is 2. The molecule has 0 saturated heterocycles. The van der Waals surface area contributed by atoms with Crippen molar-refractivity contribution in [3.63, 3.8) is 0 Å². The van der Waals surface area contributed by atoms with Crippen molar-refractivity contribution in [2.75, 3.05) is 287 Å². The Bertz CT molecular complexity index is 4920. The third-order valence-corrected chi connectivity index (χ3v) is 22.0. The number of nitro benzene ring substituents is 1. The number of ketones is 2. The SMILES string of the molecule is CCN(CC)c1ccc2cc(C(=O)NCCOCCOCCOCCOCCOCCOCCOCCOCCC(=O)NC(CCCN=C(N)N)C(=O)CC(C)c3cc(OCCCC(=O)CCCc4ccc(O)cc4)c(OC)cc3[N+](=O)[O-])c(=O)oc2c1.CCN(CC)c1ccc2cc(C(=O)NCCOCCOCCOCCOCCOCCOCCOCCOCCC(=O)NC(CCC[NH+]=C(N)N)C(N)=O)c(=O)oc2c1. The van der Waals surface area contributed by atoms with Gasteiger partial charge in [-0.25, -0.2) is 9.59 Å². The Hall–Kier alpha value is -11.7. The second kappa shape index (κ2) is 78.5. The van der Waals surface area contributed by atoms with E-state index >= 15 is 0 Å². The summed E-state index contributed by atoms with van der Waals surface area (Å²) < 4.78 is 110. The van der Waals surface area contributed by atoms with Crippen molar-refractivity contribution in [1.82, 2.24) is 21.3 Å². The van der Waals surface area contributed by atoms with Crippen molar-refractivity contribution in [1.29, 1.82) is 0 Å². The maximum atomic E-state index is 13.8. The number of fused-ring (bicyclic) bond motifs is 2. The van der Waals surface area contributed by atoms with E-state index in [0.29, 0.717) is 245 Å². The van der Waals surface area contributed by atoms with Crippen LogP contribution in [0.1, 0.15) is 143 Å². The Kier molecular flexibility index (Phi) is 67.2. The molecular weight excluding hydrogens is 1920 g/mol. The van der Waals surface area contributed by atoms with Crippen LogP contribution in [0.25, 0.3) is 21.9 Å². The number of aromatic hydroxyl groups is 1. The number of nitrogens with two attached hydrogens (primary N) is 5. The topological polar surface area (TPSA) is 620 Å². The fraction of sp³-hybridized carbons (Fsp3) is 0.614. The number of hydrogen-bond donors (Lipinski definition) is 11. The van der Waals surface area contributed by atoms with Crippen LogP contribution in [0.2, 0.25) is 0 Å². The molecule has 5 amide bonds. The minimum Gasteiger partial charge on any atom is -0.508 e. The van der Waals surface area contributed by atoms with Crippen LogP contribution in [-0.4, -0.2) is 353 Å². The Morgan fingerprint density at radius 2 is 0.837 bits per heavy atom. The fourth-order valence-electron chi connectivity index (χ4n) is 14.2. The highest BCUT2D eigenvalue weighted by Crippen LogP contribution is 2.40. The number of aryl methyl sites for hydroxylation is 1. The number of hydrogen-bond acceptors (Lipinski definition) is 35. The third-order valence-electron chi connectivity index (χ3n) is 22.0. The highest BCUT2D eigenvalue weighted by Gasteiger charge is 2.30. The average molecular weight is 2080 g/mol. The van der Waals surface area contributed by atoms with Crippen LogP contribution < -0.4 is 85.5 Å². The van der Waals surface area contributed by atoms with Crippen molar-refractivity contribution in [3.05, 3.63) is 138 Å². The lowest BCUT2D eigenvalue weighted by atomic mass is 9.90. The molecule has 6 rings (SSSR count). The number of rotatable bonds is 88. The van der Waals surface area contributed by atoms with E-state index < -0.39 is 57.8 Å². The van der Waals surface area contributed by atoms with Crippen LogP contribution in [0.4, 0.5) is 17.1 Å². The van der Waals surface area contributed by atoms with Crippen molar-refractivity contribution < 1.29 is 143 Å². The number of nitro groups is 1. The van der Waals surface area contributed by atoms with Gasteiger partial charge in [-0.15, -0.1) is 0 Å². The summed E-state index contributed by atoms with van der Waals surface area (Å²) in [6, 6.07) is 22.2. The van der Waals surface area contributed by atoms with Gasteiger partial charge in [0.25, 0.3) is 17.5 Å². The predicted molar refractivity (Wildman–Crippen MR) is 549 cm³/mol. The first-order chi connectivity index (χ1) is 71.3. The second-order valence-corrected chi connectivity index (χ2v) is 33.0. The number of methoxy groups -OCH3 is 1. The smallest absolute Gasteiger partial charge is 0.349 e. The van der Waals surface area contributed by atoms with E-state index in [2.05, 4.69) is 68.7 Å². The van der Waals surface area contributed by atoms with Crippen molar-refractivity contribution in [3.8, 4) is 17.2 Å². The number of nitrogens with zero attached hydrogens (tertiary/aromatic N) is 4. The summed E-state index contributed by atoms with van der Waals surface area (Å²) >= 11 is 0. The number of aliphatic imine (C=N–C) groups is 1. The number of carbonyl (C=O) groups excluding carboxylic acids is 7. The number of phenolic OH excluding ortho intramolecular Hbond substituents is 1. The molecule has 0 aliphatic heterocycles. The largest absolute Gasteiger partial charge is 0.508 e. The number of anilines is 2. The van der Waals surface area contributed by atoms with Crippen molar-refractivity contribution >= 4 is 92.0 Å². The molecule has 4 aromatic carbocycles. The van der Waals surface area contributed by atoms with Crippen molar-refractivity contribution in [2.24, 2.45) is 33.7 Å². The summed E-state index contributed by atoms with van der Waals surface area (Å²) in [4.78, 5) is 136. The summed E-state index contributed by atoms with van der Waals surface area (Å²) in [5.74, 6) is -2.83. The number of primary amides is 1. The molecule has 3 unspecified atom stereocenters. The van der Waals surface area contributed by atoms with E-state index in [1.807, 2.05) is 48.5 Å². The van der Waals surface area contributed by atoms with E-state index in [9.17, 15) is 58.4 Å². The maximum Gasteiger partial charge on any atom is 0.349 e. The second-order valence-electron chi connectivity index (χ2n) is 33.0. The highest BCUT2D eigenvalue weighted by molar-refractivity contribution is 5.98. The molecule has 2 heterocycles. The first-order valence-electron chi connectivity index (χ1n) is 50.1. The Balaban J connectivity index is 0.000000560. The molecule has 2 aromatic heterocycles. The molecule has 0 fully saturated rings. The standard InChI is InChI=1S/C62H91N7O19.C39H65N7O13/c1-5-68(6-2)48-17-16-47-41-52(61(75)88-56(47)42-48)60(74)65-22-25-80-27-29-82-31-33-84-35-37-86-39-38-85-36-34-83-32-30-81-28-26-79-24-20-59(73)67-53(13-8-21-66-62(63)64)55(72)40-45(3)51-43-58(57(78-4)44-54(51)69(76)77)87-23-9-12-49(70)11-7-10-46-14-18-50(71)19-15-46;1-3-46(4-2)31-8-7-30-28-32(38(50)59-34(30)29-31)37(49)43-11-13-52-15-17-54-19-21-56-23-25-58-27-26-57-24-22-55-20-18-53-16-14-51-12-9-35(47)45-33(36(40)48)6-5-10-44-39(41)42/h14-19,41-45,53,71H,5-13,20-40H2,1-4H3,(H,65,74)(H,67,73)(H4,63,64,66);7-8,28-29,33H,3-6,9-27H2,1-2H3,(H2,40,48)(H,43,49)(H,45,47)(H4,41,42,44)/p+1. The van der Waals surface area contributed by atoms with Crippen LogP contribution >= 0.6 is 0 Å². The monoisotopic (exact) mass is 2080 g/mol. The molecule has 46 heteroatoms. The van der Waals surface area contributed by atoms with Gasteiger partial charge in [-0.05, 0) is 139 Å². The van der Waals surface area contributed by atoms with E-state index in [1.165, 1.54) is 19.2 Å². The molecule has 0 aliphatic carbocycles. The molecule has 3 atom stereocenters. The molecule has 6 aromatic rings. The van der Waals surface area contributed by atoms with Gasteiger partial charge in [0.2, 0.25) is 17.7 Å². The van der Waals surface area contributed by atoms with Gasteiger partial charge in [0.15, 0.2) is 23.2 Å². The number of ether oxygens (including phenoxy) is 18. The first-order valence-corrected chi connectivity index (χ1v) is 50.1. The van der Waals surface area contributed by atoms with E-state index in [0.717, 1.165) is 43.1 Å². The Labute approximate surface area is 858 Å². The zero-order chi connectivity index (χ0) is 107. The van der Waals surface area contributed by atoms with Crippen molar-refractivity contribution in [2.45, 2.75) is 130 Å². The molecule has 147 heavy (non-hydrogen) atoms. The minimum absolute atomic E-state index is 0.0366. The van der Waals surface area contributed by atoms with Gasteiger partial charge in [-0.1, -0.05) is 19.1 Å². The fourth-order valence-corrected chi connectivity index (χ4v) is 14.2. The molecule has 0 aliphatic rings. The lowest BCUT2D eigenvalue weighted by molar-refractivity contribution is -0.459. The highest BCUT2D eigenvalue weighted by atomic mass is 16.6. The molecule has 0 radical (unpaired) electrons. The van der Waals surface area contributed by atoms with Gasteiger partial charge in [-0.3, -0.25) is 65.1 Å². The predicted octanol–water partition coefficient (Wildman–Crippen LogP) is 3.56. The van der Waals surface area contributed by atoms with Crippen LogP contribution in [0.5, 0.6) is 17.2 Å². The average Bonchev–Trinajstić information content (AvgIpc) is 0.800. The van der Waals surface area contributed by atoms with Gasteiger partial charge in [0, 0.05) is 118 Å². The zero-order valence-corrected chi connectivity index (χ0v) is 86.1. The molecule has 822 valence electrons. The summed E-state index contributed by atoms with van der Waals surface area (Å²) in [6.07, 6.45) is 3.84. The molecule has 0 spiro atoms. The normalized spacial score (nSPS) is 11.8. The zero-order valence-electron chi connectivity index (χ0n) is 86.1. The number of phenols is 1. The maximum absolute atomic E-state index is 13.8. The van der Waals surface area contributed by atoms with Gasteiger partial charge in [0.05, 0.1) is 249 Å². The van der Waals surface area contributed by atoms with Crippen LogP contribution in [0.3, 0.4) is 0 Å². The molecule has 46 nitrogen and oxygen atoms in total. The first kappa shape index (κ1) is 126. The number of Topliss-reactive ketones (excluding diaryl/α,β-unsaturated/α-hetero) is 2. The Morgan fingerprint density at radius 3 is 1.21 bits per heavy atom. The number of benzene rings is 4. The Morgan fingerprint density at radius 1 is 0.456 bits per heavy atom. The van der Waals surface area contributed by atoms with E-state index in [1.54, 1.807) is 31.2 Å².